The number of hydrogen-bond acceptors (Lipinski definition) is 4. The first-order valence-electron chi connectivity index (χ1n) is 5.76. The Kier molecular flexibility index (Phi) is 3.63. The van der Waals surface area contributed by atoms with Crippen LogP contribution in [0.5, 0.6) is 0 Å². The Bertz CT molecular complexity index is 461. The Balaban J connectivity index is 1.95. The Morgan fingerprint density at radius 2 is 2.41 bits per heavy atom. The zero-order valence-electron chi connectivity index (χ0n) is 9.83. The van der Waals surface area contributed by atoms with Crippen molar-refractivity contribution in [1.29, 1.82) is 0 Å². The number of rotatable bonds is 4. The van der Waals surface area contributed by atoms with Crippen LogP contribution in [0.3, 0.4) is 0 Å². The molecule has 0 aromatic carbocycles. The van der Waals surface area contributed by atoms with Crippen molar-refractivity contribution >= 4 is 15.7 Å². The molecule has 2 heterocycles. The van der Waals surface area contributed by atoms with Crippen molar-refractivity contribution in [2.75, 3.05) is 24.2 Å². The first-order valence-corrected chi connectivity index (χ1v) is 7.37. The Labute approximate surface area is 102 Å². The largest absolute Gasteiger partial charge is 0.380 e. The van der Waals surface area contributed by atoms with Crippen LogP contribution in [-0.4, -0.2) is 42.6 Å². The third-order valence-electron chi connectivity index (χ3n) is 2.94. The summed E-state index contributed by atoms with van der Waals surface area (Å²) in [6, 6.07) is 3.97. The van der Waals surface area contributed by atoms with Gasteiger partial charge in [0.15, 0.2) is 0 Å². The van der Waals surface area contributed by atoms with E-state index < -0.39 is 10.0 Å². The van der Waals surface area contributed by atoms with Gasteiger partial charge >= 0.3 is 0 Å². The van der Waals surface area contributed by atoms with Gasteiger partial charge in [-0.3, -0.25) is 4.98 Å². The normalized spacial score (nSPS) is 21.6. The number of nitrogens with zero attached hydrogens (tertiary/aromatic N) is 2. The smallest absolute Gasteiger partial charge is 0.213 e. The van der Waals surface area contributed by atoms with Crippen LogP contribution in [0.25, 0.3) is 0 Å². The average Bonchev–Trinajstić information content (AvgIpc) is 2.80. The highest BCUT2D eigenvalue weighted by molar-refractivity contribution is 7.89. The highest BCUT2D eigenvalue weighted by Gasteiger charge is 2.29. The van der Waals surface area contributed by atoms with E-state index in [4.69, 9.17) is 0 Å². The van der Waals surface area contributed by atoms with Gasteiger partial charge in [-0.05, 0) is 25.5 Å². The topological polar surface area (TPSA) is 62.3 Å². The molecule has 1 unspecified atom stereocenters. The zero-order chi connectivity index (χ0) is 12.3. The van der Waals surface area contributed by atoms with Gasteiger partial charge in [0.1, 0.15) is 0 Å². The molecular weight excluding hydrogens is 238 g/mol. The number of nitrogens with one attached hydrogen (secondary N) is 1. The molecule has 0 bridgehead atoms. The van der Waals surface area contributed by atoms with E-state index in [9.17, 15) is 8.42 Å². The SMILES string of the molecule is CCS(=O)(=O)N1CCC(Nc2cccnc2)C1. The third kappa shape index (κ3) is 2.95. The van der Waals surface area contributed by atoms with Gasteiger partial charge in [0, 0.05) is 31.5 Å². The highest BCUT2D eigenvalue weighted by atomic mass is 32.2. The van der Waals surface area contributed by atoms with E-state index in [1.807, 2.05) is 12.1 Å². The number of sulfonamides is 1. The summed E-state index contributed by atoms with van der Waals surface area (Å²) in [5, 5.41) is 3.30. The van der Waals surface area contributed by atoms with Gasteiger partial charge < -0.3 is 5.32 Å². The van der Waals surface area contributed by atoms with E-state index >= 15 is 0 Å². The monoisotopic (exact) mass is 255 g/mol. The molecule has 94 valence electrons. The molecule has 1 atom stereocenters. The molecule has 0 saturated carbocycles. The summed E-state index contributed by atoms with van der Waals surface area (Å²) >= 11 is 0. The molecule has 6 heteroatoms. The molecule has 17 heavy (non-hydrogen) atoms. The Morgan fingerprint density at radius 1 is 1.59 bits per heavy atom. The number of pyridine rings is 1. The molecule has 1 saturated heterocycles. The van der Waals surface area contributed by atoms with Crippen LogP contribution >= 0.6 is 0 Å². The second kappa shape index (κ2) is 5.01. The van der Waals surface area contributed by atoms with Crippen LogP contribution in [0.4, 0.5) is 5.69 Å². The minimum atomic E-state index is -3.05. The molecule has 0 amide bonds. The Hall–Kier alpha value is -1.14. The van der Waals surface area contributed by atoms with E-state index in [-0.39, 0.29) is 11.8 Å². The van der Waals surface area contributed by atoms with E-state index in [0.29, 0.717) is 13.1 Å². The fraction of sp³-hybridized carbons (Fsp3) is 0.545. The predicted molar refractivity (Wildman–Crippen MR) is 67.3 cm³/mol. The van der Waals surface area contributed by atoms with Crippen LogP contribution in [0.2, 0.25) is 0 Å². The molecule has 0 spiro atoms. The summed E-state index contributed by atoms with van der Waals surface area (Å²) < 4.78 is 24.9. The maximum atomic E-state index is 11.7. The van der Waals surface area contributed by atoms with Crippen molar-refractivity contribution < 1.29 is 8.42 Å². The molecule has 1 aliphatic rings. The standard InChI is InChI=1S/C11H17N3O2S/c1-2-17(15,16)14-7-5-11(9-14)13-10-4-3-6-12-8-10/h3-4,6,8,11,13H,2,5,7,9H2,1H3. The average molecular weight is 255 g/mol. The first kappa shape index (κ1) is 12.3. The fourth-order valence-corrected chi connectivity index (χ4v) is 3.12. The van der Waals surface area contributed by atoms with Crippen LogP contribution < -0.4 is 5.32 Å². The number of aromatic nitrogens is 1. The first-order chi connectivity index (χ1) is 8.12. The van der Waals surface area contributed by atoms with Crippen molar-refractivity contribution in [3.63, 3.8) is 0 Å². The van der Waals surface area contributed by atoms with Gasteiger partial charge in [-0.1, -0.05) is 0 Å². The van der Waals surface area contributed by atoms with Gasteiger partial charge in [-0.2, -0.15) is 4.31 Å². The minimum Gasteiger partial charge on any atom is -0.380 e. The summed E-state index contributed by atoms with van der Waals surface area (Å²) in [6.07, 6.45) is 4.30. The Morgan fingerprint density at radius 3 is 3.06 bits per heavy atom. The third-order valence-corrected chi connectivity index (χ3v) is 4.79. The van der Waals surface area contributed by atoms with E-state index in [1.54, 1.807) is 23.6 Å². The zero-order valence-corrected chi connectivity index (χ0v) is 10.7. The maximum absolute atomic E-state index is 11.7. The maximum Gasteiger partial charge on any atom is 0.213 e. The molecule has 2 rings (SSSR count). The predicted octanol–water partition coefficient (Wildman–Crippen LogP) is 0.917. The van der Waals surface area contributed by atoms with E-state index in [2.05, 4.69) is 10.3 Å². The second-order valence-corrected chi connectivity index (χ2v) is 6.39. The summed E-state index contributed by atoms with van der Waals surface area (Å²) in [7, 11) is -3.05. The van der Waals surface area contributed by atoms with Crippen LogP contribution in [0.15, 0.2) is 24.5 Å². The quantitative estimate of drug-likeness (QED) is 0.869. The van der Waals surface area contributed by atoms with Crippen LogP contribution in [0, 0.1) is 0 Å². The van der Waals surface area contributed by atoms with Gasteiger partial charge in [0.25, 0.3) is 0 Å². The fourth-order valence-electron chi connectivity index (χ4n) is 1.97. The number of anilines is 1. The van der Waals surface area contributed by atoms with Crippen molar-refractivity contribution in [3.05, 3.63) is 24.5 Å². The molecule has 0 radical (unpaired) electrons. The van der Waals surface area contributed by atoms with Crippen LogP contribution in [-0.2, 0) is 10.0 Å². The lowest BCUT2D eigenvalue weighted by atomic mass is 10.2. The minimum absolute atomic E-state index is 0.173. The van der Waals surface area contributed by atoms with Crippen molar-refractivity contribution in [1.82, 2.24) is 9.29 Å². The molecule has 0 aliphatic carbocycles. The van der Waals surface area contributed by atoms with Crippen molar-refractivity contribution in [2.24, 2.45) is 0 Å². The van der Waals surface area contributed by atoms with E-state index in [1.165, 1.54) is 0 Å². The molecule has 1 aromatic rings. The summed E-state index contributed by atoms with van der Waals surface area (Å²) in [4.78, 5) is 4.02. The summed E-state index contributed by atoms with van der Waals surface area (Å²) in [6.45, 7) is 2.83. The second-order valence-electron chi connectivity index (χ2n) is 4.13. The van der Waals surface area contributed by atoms with Crippen molar-refractivity contribution in [2.45, 2.75) is 19.4 Å². The molecular formula is C11H17N3O2S. The van der Waals surface area contributed by atoms with E-state index in [0.717, 1.165) is 12.1 Å². The lowest BCUT2D eigenvalue weighted by Crippen LogP contribution is -2.32. The number of hydrogen-bond donors (Lipinski definition) is 1. The van der Waals surface area contributed by atoms with Crippen molar-refractivity contribution in [3.8, 4) is 0 Å². The molecule has 1 fully saturated rings. The van der Waals surface area contributed by atoms with Gasteiger partial charge in [0.05, 0.1) is 11.4 Å². The molecule has 1 aliphatic heterocycles. The molecule has 1 N–H and O–H groups in total. The highest BCUT2D eigenvalue weighted by Crippen LogP contribution is 2.17. The van der Waals surface area contributed by atoms with Gasteiger partial charge in [-0.15, -0.1) is 0 Å². The lowest BCUT2D eigenvalue weighted by Gasteiger charge is -2.16. The van der Waals surface area contributed by atoms with Gasteiger partial charge in [-0.25, -0.2) is 8.42 Å². The summed E-state index contributed by atoms with van der Waals surface area (Å²) in [5.74, 6) is 0.173. The van der Waals surface area contributed by atoms with Crippen LogP contribution in [0.1, 0.15) is 13.3 Å². The molecule has 5 nitrogen and oxygen atoms in total. The summed E-state index contributed by atoms with van der Waals surface area (Å²) in [5.41, 5.74) is 0.938. The lowest BCUT2D eigenvalue weighted by molar-refractivity contribution is 0.476. The van der Waals surface area contributed by atoms with Gasteiger partial charge in [0.2, 0.25) is 10.0 Å². The molecule has 1 aromatic heterocycles.